The van der Waals surface area contributed by atoms with E-state index in [0.29, 0.717) is 29.3 Å². The Labute approximate surface area is 126 Å². The number of rotatable bonds is 2. The van der Waals surface area contributed by atoms with E-state index >= 15 is 0 Å². The zero-order chi connectivity index (χ0) is 14.8. The summed E-state index contributed by atoms with van der Waals surface area (Å²) in [5, 5.41) is 6.93. The summed E-state index contributed by atoms with van der Waals surface area (Å²) < 4.78 is 0. The summed E-state index contributed by atoms with van der Waals surface area (Å²) in [5.74, 6) is -0.117. The Hall–Kier alpha value is -2.14. The van der Waals surface area contributed by atoms with Crippen LogP contribution in [-0.2, 0) is 9.59 Å². The lowest BCUT2D eigenvalue weighted by molar-refractivity contribution is -0.129. The van der Waals surface area contributed by atoms with E-state index in [4.69, 9.17) is 11.6 Å². The highest BCUT2D eigenvalue weighted by Gasteiger charge is 2.25. The van der Waals surface area contributed by atoms with Gasteiger partial charge in [-0.1, -0.05) is 23.7 Å². The molecule has 2 heterocycles. The van der Waals surface area contributed by atoms with Gasteiger partial charge in [-0.05, 0) is 24.6 Å². The van der Waals surface area contributed by atoms with Crippen molar-refractivity contribution in [3.63, 3.8) is 0 Å². The molecule has 1 unspecified atom stereocenters. The van der Waals surface area contributed by atoms with Crippen LogP contribution in [0.15, 0.2) is 30.3 Å². The molecule has 0 aliphatic carbocycles. The van der Waals surface area contributed by atoms with E-state index in [1.807, 2.05) is 18.2 Å². The van der Waals surface area contributed by atoms with Crippen LogP contribution in [0.25, 0.3) is 10.9 Å². The van der Waals surface area contributed by atoms with Crippen LogP contribution < -0.4 is 10.6 Å². The fraction of sp³-hybridized carbons (Fsp3) is 0.267. The highest BCUT2D eigenvalue weighted by atomic mass is 35.5. The summed E-state index contributed by atoms with van der Waals surface area (Å²) in [6, 6.07) is 9.11. The number of fused-ring (bicyclic) bond motifs is 1. The number of piperidine rings is 1. The fourth-order valence-electron chi connectivity index (χ4n) is 2.42. The van der Waals surface area contributed by atoms with Gasteiger partial charge < -0.3 is 10.6 Å². The molecule has 0 spiro atoms. The zero-order valence-electron chi connectivity index (χ0n) is 11.2. The molecule has 2 amide bonds. The summed E-state index contributed by atoms with van der Waals surface area (Å²) in [7, 11) is 0. The van der Waals surface area contributed by atoms with Gasteiger partial charge in [0.25, 0.3) is 0 Å². The number of carbonyl (C=O) groups excluding carboxylic acids is 2. The molecule has 2 N–H and O–H groups in total. The van der Waals surface area contributed by atoms with Crippen molar-refractivity contribution in [2.24, 2.45) is 5.92 Å². The summed E-state index contributed by atoms with van der Waals surface area (Å²) in [6.45, 7) is 0.536. The maximum atomic E-state index is 12.2. The van der Waals surface area contributed by atoms with Gasteiger partial charge in [0, 0.05) is 24.3 Å². The number of aromatic nitrogens is 1. The third-order valence-electron chi connectivity index (χ3n) is 3.54. The second-order valence-corrected chi connectivity index (χ2v) is 5.44. The number of anilines is 1. The van der Waals surface area contributed by atoms with Crippen LogP contribution in [-0.4, -0.2) is 23.3 Å². The molecule has 1 aliphatic rings. The Morgan fingerprint density at radius 2 is 2.19 bits per heavy atom. The number of hydrogen-bond donors (Lipinski definition) is 2. The quantitative estimate of drug-likeness (QED) is 0.894. The lowest BCUT2D eigenvalue weighted by Crippen LogP contribution is -2.38. The van der Waals surface area contributed by atoms with Crippen molar-refractivity contribution in [3.05, 3.63) is 35.4 Å². The highest BCUT2D eigenvalue weighted by Crippen LogP contribution is 2.23. The number of halogens is 1. The molecule has 1 aromatic carbocycles. The maximum absolute atomic E-state index is 12.2. The Morgan fingerprint density at radius 3 is 3.00 bits per heavy atom. The van der Waals surface area contributed by atoms with Crippen LogP contribution in [0.3, 0.4) is 0 Å². The largest absolute Gasteiger partial charge is 0.356 e. The Kier molecular flexibility index (Phi) is 3.75. The lowest BCUT2D eigenvalue weighted by Gasteiger charge is -2.21. The van der Waals surface area contributed by atoms with Crippen LogP contribution in [0.5, 0.6) is 0 Å². The molecule has 1 aliphatic heterocycles. The first-order chi connectivity index (χ1) is 10.1. The molecule has 6 heteroatoms. The van der Waals surface area contributed by atoms with E-state index in [0.717, 1.165) is 5.39 Å². The van der Waals surface area contributed by atoms with Crippen molar-refractivity contribution in [1.82, 2.24) is 10.3 Å². The van der Waals surface area contributed by atoms with Gasteiger partial charge >= 0.3 is 0 Å². The topological polar surface area (TPSA) is 71.1 Å². The SMILES string of the molecule is O=C1CC(C(=O)Nc2ccc3cccc(Cl)c3n2)CCN1. The number of hydrogen-bond acceptors (Lipinski definition) is 3. The van der Waals surface area contributed by atoms with Crippen LogP contribution in [0.4, 0.5) is 5.82 Å². The highest BCUT2D eigenvalue weighted by molar-refractivity contribution is 6.35. The van der Waals surface area contributed by atoms with Gasteiger partial charge in [0.1, 0.15) is 5.82 Å². The summed E-state index contributed by atoms with van der Waals surface area (Å²) in [4.78, 5) is 27.9. The Morgan fingerprint density at radius 1 is 1.33 bits per heavy atom. The van der Waals surface area contributed by atoms with Crippen molar-refractivity contribution >= 4 is 40.1 Å². The third-order valence-corrected chi connectivity index (χ3v) is 3.84. The van der Waals surface area contributed by atoms with Gasteiger partial charge in [-0.15, -0.1) is 0 Å². The van der Waals surface area contributed by atoms with Crippen molar-refractivity contribution in [2.45, 2.75) is 12.8 Å². The van der Waals surface area contributed by atoms with Crippen LogP contribution in [0.2, 0.25) is 5.02 Å². The molecule has 1 atom stereocenters. The first-order valence-electron chi connectivity index (χ1n) is 6.76. The molecular weight excluding hydrogens is 290 g/mol. The number of amides is 2. The lowest BCUT2D eigenvalue weighted by atomic mass is 9.97. The second-order valence-electron chi connectivity index (χ2n) is 5.04. The minimum Gasteiger partial charge on any atom is -0.356 e. The smallest absolute Gasteiger partial charge is 0.229 e. The molecule has 0 radical (unpaired) electrons. The van der Waals surface area contributed by atoms with Crippen LogP contribution in [0.1, 0.15) is 12.8 Å². The number of nitrogens with one attached hydrogen (secondary N) is 2. The van der Waals surface area contributed by atoms with Gasteiger partial charge in [0.15, 0.2) is 0 Å². The minimum atomic E-state index is -0.303. The first-order valence-corrected chi connectivity index (χ1v) is 7.14. The minimum absolute atomic E-state index is 0.0871. The maximum Gasteiger partial charge on any atom is 0.229 e. The van der Waals surface area contributed by atoms with Gasteiger partial charge in [0.05, 0.1) is 10.5 Å². The molecule has 1 aromatic heterocycles. The molecule has 3 rings (SSSR count). The molecule has 0 bridgehead atoms. The monoisotopic (exact) mass is 303 g/mol. The number of pyridine rings is 1. The summed E-state index contributed by atoms with van der Waals surface area (Å²) in [6.07, 6.45) is 0.867. The van der Waals surface area contributed by atoms with E-state index < -0.39 is 0 Å². The normalized spacial score (nSPS) is 18.3. The summed E-state index contributed by atoms with van der Waals surface area (Å²) in [5.41, 5.74) is 0.651. The van der Waals surface area contributed by atoms with Gasteiger partial charge in [-0.3, -0.25) is 9.59 Å². The van der Waals surface area contributed by atoms with E-state index in [1.165, 1.54) is 0 Å². The molecular formula is C15H14ClN3O2. The Balaban J connectivity index is 1.79. The molecule has 1 fully saturated rings. The molecule has 1 saturated heterocycles. The average molecular weight is 304 g/mol. The van der Waals surface area contributed by atoms with E-state index in [2.05, 4.69) is 15.6 Å². The zero-order valence-corrected chi connectivity index (χ0v) is 12.0. The van der Waals surface area contributed by atoms with E-state index in [-0.39, 0.29) is 24.2 Å². The van der Waals surface area contributed by atoms with E-state index in [1.54, 1.807) is 12.1 Å². The molecule has 0 saturated carbocycles. The van der Waals surface area contributed by atoms with Crippen molar-refractivity contribution in [2.75, 3.05) is 11.9 Å². The number of para-hydroxylation sites is 1. The average Bonchev–Trinajstić information content (AvgIpc) is 2.48. The molecule has 5 nitrogen and oxygen atoms in total. The number of nitrogens with zero attached hydrogens (tertiary/aromatic N) is 1. The van der Waals surface area contributed by atoms with Crippen molar-refractivity contribution < 1.29 is 9.59 Å². The van der Waals surface area contributed by atoms with Crippen LogP contribution in [0, 0.1) is 5.92 Å². The molecule has 108 valence electrons. The predicted molar refractivity (Wildman–Crippen MR) is 81.1 cm³/mol. The summed E-state index contributed by atoms with van der Waals surface area (Å²) >= 11 is 6.11. The first kappa shape index (κ1) is 13.8. The predicted octanol–water partition coefficient (Wildman–Crippen LogP) is 2.35. The Bertz CT molecular complexity index is 717. The second kappa shape index (κ2) is 5.69. The van der Waals surface area contributed by atoms with Gasteiger partial charge in [-0.2, -0.15) is 0 Å². The molecule has 2 aromatic rings. The molecule has 21 heavy (non-hydrogen) atoms. The number of benzene rings is 1. The third kappa shape index (κ3) is 2.97. The fourth-order valence-corrected chi connectivity index (χ4v) is 2.64. The van der Waals surface area contributed by atoms with Gasteiger partial charge in [-0.25, -0.2) is 4.98 Å². The van der Waals surface area contributed by atoms with Crippen molar-refractivity contribution in [1.29, 1.82) is 0 Å². The van der Waals surface area contributed by atoms with Crippen molar-refractivity contribution in [3.8, 4) is 0 Å². The van der Waals surface area contributed by atoms with E-state index in [9.17, 15) is 9.59 Å². The standard InChI is InChI=1S/C15H14ClN3O2/c16-11-3-1-2-9-4-5-12(18-14(9)11)19-15(21)10-6-7-17-13(20)8-10/h1-5,10H,6-8H2,(H,17,20)(H,18,19,21). The van der Waals surface area contributed by atoms with Crippen LogP contribution >= 0.6 is 11.6 Å². The van der Waals surface area contributed by atoms with Gasteiger partial charge in [0.2, 0.25) is 11.8 Å². The number of carbonyl (C=O) groups is 2.